The Hall–Kier alpha value is -1.96. The molecule has 0 aromatic rings. The summed E-state index contributed by atoms with van der Waals surface area (Å²) < 4.78 is 42.9. The van der Waals surface area contributed by atoms with Gasteiger partial charge in [0.25, 0.3) is 0 Å². The quantitative estimate of drug-likeness (QED) is 0.0639. The van der Waals surface area contributed by atoms with Crippen LogP contribution in [0.4, 0.5) is 0 Å². The molecule has 0 amide bonds. The summed E-state index contributed by atoms with van der Waals surface area (Å²) in [6.07, 6.45) is -3.78. The summed E-state index contributed by atoms with van der Waals surface area (Å²) in [4.78, 5) is 54.5. The molecule has 89 heavy (non-hydrogen) atoms. The topological polar surface area (TPSA) is 301 Å². The molecular formula is C68H114NNaO19. The van der Waals surface area contributed by atoms with Gasteiger partial charge in [0.05, 0.1) is 65.8 Å². The average Bonchev–Trinajstić information content (AvgIpc) is 1.68. The number of aliphatic hydroxyl groups is 7. The molecule has 21 heteroatoms. The number of carboxylic acids is 1. The van der Waals surface area contributed by atoms with E-state index in [0.29, 0.717) is 43.6 Å². The molecule has 0 unspecified atom stereocenters. The molecule has 7 aliphatic rings. The van der Waals surface area contributed by atoms with Crippen molar-refractivity contribution in [3.63, 3.8) is 0 Å². The minimum atomic E-state index is -1.99. The Bertz CT molecular complexity index is 2500. The number of hydrogen-bond acceptors (Lipinski definition) is 20. The summed E-state index contributed by atoms with van der Waals surface area (Å²) in [6, 6.07) is -0.324. The normalized spacial score (nSPS) is 47.7. The maximum Gasteiger partial charge on any atom is 1.00 e. The minimum Gasteiger partial charge on any atom is -0.545 e. The second-order valence-corrected chi connectivity index (χ2v) is 30.1. The Morgan fingerprint density at radius 1 is 0.787 bits per heavy atom. The Morgan fingerprint density at radius 3 is 1.98 bits per heavy atom. The SMILES string of the molecule is CC(=O)O[C@H]1C[C@@]2(C)[C@@H](C[C@@H](O)[C@H]3[C@@]4(C)CC[C@@H](O)[C@@H](C)[C@@H]4CC[C@@]32C)/C1=C(\CCC=C(C)C)C(=O)[O-].CC[C@H]1OC(=O)[C@H](C)[C@@H](O[C@H]2C[C@@](C)(OC)[C@@H](O)[C@H](C)O2)[C@H](C)[C@@H](O[C@@H]2O[C@H](C)C[C@H](N(C)C)[C@H]2O)[C@](C)(O)C[C@@H](C)C(=O)[C@H](C)[C@@H](O)[C@]1(C)O.[Na+]. The van der Waals surface area contributed by atoms with Crippen molar-refractivity contribution >= 4 is 23.7 Å². The van der Waals surface area contributed by atoms with Crippen LogP contribution in [0.25, 0.3) is 0 Å². The Labute approximate surface area is 553 Å². The average molecular weight is 1270 g/mol. The molecule has 20 nitrogen and oxygen atoms in total. The number of ether oxygens (including phenoxy) is 7. The van der Waals surface area contributed by atoms with Crippen LogP contribution in [0.1, 0.15) is 195 Å². The Morgan fingerprint density at radius 2 is 1.42 bits per heavy atom. The number of carboxylic acid groups (broad SMARTS) is 1. The molecule has 0 spiro atoms. The van der Waals surface area contributed by atoms with E-state index in [4.69, 9.17) is 33.2 Å². The van der Waals surface area contributed by atoms with Crippen LogP contribution in [-0.2, 0) is 52.3 Å². The zero-order valence-corrected chi connectivity index (χ0v) is 59.7. The first-order valence-corrected chi connectivity index (χ1v) is 32.8. The molecule has 4 saturated carbocycles. The van der Waals surface area contributed by atoms with Crippen LogP contribution in [-0.4, -0.2) is 188 Å². The van der Waals surface area contributed by atoms with E-state index in [1.54, 1.807) is 41.5 Å². The number of aliphatic carboxylic acids is 1. The third-order valence-corrected chi connectivity index (χ3v) is 23.4. The van der Waals surface area contributed by atoms with Gasteiger partial charge in [-0.2, -0.15) is 0 Å². The van der Waals surface area contributed by atoms with Crippen molar-refractivity contribution in [1.29, 1.82) is 0 Å². The number of cyclic esters (lactones) is 1. The van der Waals surface area contributed by atoms with Crippen molar-refractivity contribution in [3.8, 4) is 0 Å². The number of fused-ring (bicyclic) bond motifs is 5. The second kappa shape index (κ2) is 30.0. The fraction of sp³-hybridized carbons (Fsp3) is 0.882. The molecule has 4 aliphatic carbocycles. The molecule has 7 rings (SSSR count). The maximum atomic E-state index is 14.1. The van der Waals surface area contributed by atoms with Gasteiger partial charge in [-0.05, 0) is 191 Å². The third kappa shape index (κ3) is 15.7. The number of aliphatic hydroxyl groups excluding tert-OH is 5. The smallest absolute Gasteiger partial charge is 0.545 e. The van der Waals surface area contributed by atoms with Crippen LogP contribution in [0, 0.1) is 63.6 Å². The van der Waals surface area contributed by atoms with Crippen molar-refractivity contribution in [1.82, 2.24) is 4.90 Å². The molecule has 0 aromatic carbocycles. The van der Waals surface area contributed by atoms with Gasteiger partial charge in [-0.25, -0.2) is 0 Å². The molecule has 7 fully saturated rings. The molecule has 0 bridgehead atoms. The van der Waals surface area contributed by atoms with Gasteiger partial charge in [-0.1, -0.05) is 67.0 Å². The van der Waals surface area contributed by atoms with Crippen LogP contribution in [0.5, 0.6) is 0 Å². The second-order valence-electron chi connectivity index (χ2n) is 30.1. The predicted molar refractivity (Wildman–Crippen MR) is 326 cm³/mol. The standard InChI is InChI=1S/C37H67NO13.C31H48O6.Na/c1-14-25-37(10,45)30(41)20(4)27(39)18(2)16-35(8,44)32(51-34-28(40)24(38(11)12)15-19(3)47-34)21(5)29(22(6)33(43)49-25)50-26-17-36(9,46-13)31(42)23(7)48-26;1-17(2)9-8-10-20(28(35)36)26-22-15-24(34)27-29(5)13-12-23(33)18(3)21(29)11-14-30(27,6)31(22,7)16-25(26)37-19(4)32;/h18-26,28-32,34,40-42,44-45H,14-17H2,1-13H3;9,18,21-25,27,33-34H,8,10-16H2,1-7H3,(H,35,36);/q;;+1/p-1/b;26-20-;/t18-,19-,20+,21+,22-,23+,24+,25-,26+,28-,29+,30-,31+,32-,34+,35-,36-,37-;18-,21-,22-,23+,24+,25-,27-,29-,30-,31-;/m10./s1. The van der Waals surface area contributed by atoms with E-state index >= 15 is 0 Å². The first-order valence-electron chi connectivity index (χ1n) is 32.8. The van der Waals surface area contributed by atoms with Gasteiger partial charge in [-0.3, -0.25) is 14.4 Å². The van der Waals surface area contributed by atoms with Crippen molar-refractivity contribution in [2.45, 2.75) is 297 Å². The van der Waals surface area contributed by atoms with Crippen molar-refractivity contribution < 1.29 is 123 Å². The largest absolute Gasteiger partial charge is 1.00 e. The van der Waals surface area contributed by atoms with E-state index in [9.17, 15) is 60.0 Å². The van der Waals surface area contributed by atoms with Gasteiger partial charge >= 0.3 is 41.5 Å². The number of methoxy groups -OCH3 is 1. The first kappa shape index (κ1) is 77.7. The van der Waals surface area contributed by atoms with Crippen molar-refractivity contribution in [2.75, 3.05) is 21.2 Å². The summed E-state index contributed by atoms with van der Waals surface area (Å²) >= 11 is 0. The van der Waals surface area contributed by atoms with Crippen LogP contribution >= 0.6 is 0 Å². The summed E-state index contributed by atoms with van der Waals surface area (Å²) in [5.74, 6) is -6.23. The Kier molecular flexibility index (Phi) is 26.2. The number of likely N-dealkylation sites (N-methyl/N-ethyl adjacent to an activating group) is 1. The zero-order valence-electron chi connectivity index (χ0n) is 57.7. The number of carbonyl (C=O) groups is 4. The molecule has 0 radical (unpaired) electrons. The van der Waals surface area contributed by atoms with Gasteiger partial charge in [0.2, 0.25) is 0 Å². The van der Waals surface area contributed by atoms with Crippen LogP contribution in [0.2, 0.25) is 0 Å². The number of esters is 2. The monoisotopic (exact) mass is 1270 g/mol. The van der Waals surface area contributed by atoms with Crippen molar-refractivity contribution in [3.05, 3.63) is 22.8 Å². The molecular weight excluding hydrogens is 1160 g/mol. The van der Waals surface area contributed by atoms with Gasteiger partial charge < -0.3 is 83.7 Å². The molecule has 506 valence electrons. The number of hydrogen-bond donors (Lipinski definition) is 7. The number of Topliss-reactive ketones (excluding diaryl/α,β-unsaturated/α-hetero) is 1. The fourth-order valence-corrected chi connectivity index (χ4v) is 18.2. The minimum absolute atomic E-state index is 0. The summed E-state index contributed by atoms with van der Waals surface area (Å²) in [5.41, 5.74) is -3.52. The Balaban J connectivity index is 0.000000335. The van der Waals surface area contributed by atoms with E-state index in [0.717, 1.165) is 31.3 Å². The van der Waals surface area contributed by atoms with Crippen LogP contribution in [0.3, 0.4) is 0 Å². The number of ketones is 1. The van der Waals surface area contributed by atoms with E-state index in [1.165, 1.54) is 34.8 Å². The first-order chi connectivity index (χ1) is 40.6. The number of allylic oxidation sites excluding steroid dienone is 2. The van der Waals surface area contributed by atoms with Gasteiger partial charge in [-0.15, -0.1) is 0 Å². The van der Waals surface area contributed by atoms with E-state index < -0.39 is 132 Å². The predicted octanol–water partition coefficient (Wildman–Crippen LogP) is 3.12. The number of carbonyl (C=O) groups excluding carboxylic acids is 4. The fourth-order valence-electron chi connectivity index (χ4n) is 18.2. The number of rotatable bonds is 12. The van der Waals surface area contributed by atoms with Crippen molar-refractivity contribution in [2.24, 2.45) is 63.6 Å². The molecule has 3 heterocycles. The van der Waals surface area contributed by atoms with E-state index in [-0.39, 0.29) is 107 Å². The van der Waals surface area contributed by atoms with E-state index in [2.05, 4.69) is 27.7 Å². The summed E-state index contributed by atoms with van der Waals surface area (Å²) in [6.45, 7) is 30.7. The van der Waals surface area contributed by atoms with E-state index in [1.807, 2.05) is 45.8 Å². The van der Waals surface area contributed by atoms with Crippen LogP contribution in [0.15, 0.2) is 22.8 Å². The van der Waals surface area contributed by atoms with Crippen LogP contribution < -0.4 is 34.7 Å². The van der Waals surface area contributed by atoms with Gasteiger partial charge in [0.15, 0.2) is 12.6 Å². The molecule has 3 saturated heterocycles. The number of nitrogens with zero attached hydrogens (tertiary/aromatic N) is 1. The van der Waals surface area contributed by atoms with Gasteiger partial charge in [0, 0.05) is 44.2 Å². The molecule has 28 atom stereocenters. The van der Waals surface area contributed by atoms with Gasteiger partial charge in [0.1, 0.15) is 35.8 Å². The summed E-state index contributed by atoms with van der Waals surface area (Å²) in [7, 11) is 5.18. The summed E-state index contributed by atoms with van der Waals surface area (Å²) in [5, 5.41) is 92.6. The molecule has 0 aromatic heterocycles. The maximum absolute atomic E-state index is 14.1. The molecule has 3 aliphatic heterocycles. The molecule has 7 N–H and O–H groups in total. The zero-order chi connectivity index (χ0) is 66.5. The third-order valence-electron chi connectivity index (χ3n) is 23.4.